The van der Waals surface area contributed by atoms with Crippen LogP contribution in [0.5, 0.6) is 5.75 Å². The Balaban J connectivity index is 1.63. The van der Waals surface area contributed by atoms with Crippen molar-refractivity contribution in [3.63, 3.8) is 0 Å². The van der Waals surface area contributed by atoms with Crippen molar-refractivity contribution in [1.29, 1.82) is 0 Å². The molecule has 0 radical (unpaired) electrons. The van der Waals surface area contributed by atoms with Crippen molar-refractivity contribution < 1.29 is 19.1 Å². The van der Waals surface area contributed by atoms with Gasteiger partial charge in [-0.2, -0.15) is 0 Å². The summed E-state index contributed by atoms with van der Waals surface area (Å²) in [5.74, 6) is -0.0307. The van der Waals surface area contributed by atoms with Crippen LogP contribution >= 0.6 is 11.6 Å². The number of hydrogen-bond acceptors (Lipinski definition) is 5. The van der Waals surface area contributed by atoms with E-state index in [1.165, 1.54) is 23.9 Å². The summed E-state index contributed by atoms with van der Waals surface area (Å²) in [6.45, 7) is 4.27. The van der Waals surface area contributed by atoms with Gasteiger partial charge in [0, 0.05) is 29.7 Å². The molecule has 0 bridgehead atoms. The Morgan fingerprint density at radius 3 is 2.50 bits per heavy atom. The van der Waals surface area contributed by atoms with Crippen molar-refractivity contribution in [3.8, 4) is 5.75 Å². The highest BCUT2D eigenvalue weighted by molar-refractivity contribution is 6.29. The molecule has 0 amide bonds. The number of rotatable bonds is 8. The highest BCUT2D eigenvalue weighted by Gasteiger charge is 2.18. The van der Waals surface area contributed by atoms with Crippen LogP contribution < -0.4 is 4.74 Å². The van der Waals surface area contributed by atoms with Crippen LogP contribution in [-0.2, 0) is 17.7 Å². The number of methoxy groups -OCH3 is 1. The number of ketones is 1. The molecule has 0 aliphatic heterocycles. The molecule has 0 unspecified atom stereocenters. The van der Waals surface area contributed by atoms with Crippen molar-refractivity contribution in [2.75, 3.05) is 13.7 Å². The average Bonchev–Trinajstić information content (AvgIpc) is 3.04. The van der Waals surface area contributed by atoms with Crippen LogP contribution in [0.3, 0.4) is 0 Å². The number of hydrogen-bond donors (Lipinski definition) is 0. The van der Waals surface area contributed by atoms with Gasteiger partial charge < -0.3 is 14.0 Å². The Bertz CT molecular complexity index is 1060. The predicted molar refractivity (Wildman–Crippen MR) is 114 cm³/mol. The summed E-state index contributed by atoms with van der Waals surface area (Å²) < 4.78 is 12.4. The molecule has 0 atom stereocenters. The van der Waals surface area contributed by atoms with E-state index in [1.807, 2.05) is 44.2 Å². The molecule has 0 saturated heterocycles. The van der Waals surface area contributed by atoms with Gasteiger partial charge >= 0.3 is 5.97 Å². The summed E-state index contributed by atoms with van der Waals surface area (Å²) in [6.07, 6.45) is 2.24. The number of carbonyl (C=O) groups is 2. The minimum absolute atomic E-state index is 0.191. The van der Waals surface area contributed by atoms with E-state index in [9.17, 15) is 9.59 Å². The van der Waals surface area contributed by atoms with Crippen molar-refractivity contribution in [2.24, 2.45) is 0 Å². The highest BCUT2D eigenvalue weighted by atomic mass is 35.5. The molecule has 7 heteroatoms. The number of pyridine rings is 1. The first kappa shape index (κ1) is 21.6. The van der Waals surface area contributed by atoms with Crippen LogP contribution in [0.1, 0.15) is 37.7 Å². The third-order valence-electron chi connectivity index (χ3n) is 4.95. The third-order valence-corrected chi connectivity index (χ3v) is 5.16. The number of benzene rings is 1. The standard InChI is InChI=1S/C23H23ClN2O4/c1-15-12-20(21(27)14-30-23(28)18-8-10-25-22(24)13-18)16(2)26(15)11-9-17-4-6-19(29-3)7-5-17/h4-8,10,12-13H,9,11,14H2,1-3H3. The van der Waals surface area contributed by atoms with Gasteiger partial charge in [0.1, 0.15) is 10.9 Å². The smallest absolute Gasteiger partial charge is 0.338 e. The van der Waals surface area contributed by atoms with Crippen LogP contribution in [0.4, 0.5) is 0 Å². The molecule has 0 aliphatic carbocycles. The maximum atomic E-state index is 12.6. The molecule has 0 fully saturated rings. The quantitative estimate of drug-likeness (QED) is 0.302. The van der Waals surface area contributed by atoms with E-state index in [-0.39, 0.29) is 23.1 Å². The summed E-state index contributed by atoms with van der Waals surface area (Å²) in [5, 5.41) is 0.191. The second-order valence-corrected chi connectivity index (χ2v) is 7.29. The average molecular weight is 427 g/mol. The van der Waals surface area contributed by atoms with Gasteiger partial charge in [-0.25, -0.2) is 9.78 Å². The second-order valence-electron chi connectivity index (χ2n) is 6.90. The molecule has 0 aliphatic rings. The Morgan fingerprint density at radius 1 is 1.10 bits per heavy atom. The molecular weight excluding hydrogens is 404 g/mol. The summed E-state index contributed by atoms with van der Waals surface area (Å²) >= 11 is 5.78. The number of esters is 1. The van der Waals surface area contributed by atoms with E-state index in [1.54, 1.807) is 7.11 Å². The van der Waals surface area contributed by atoms with Crippen LogP contribution in [0.15, 0.2) is 48.7 Å². The Hall–Kier alpha value is -3.12. The third kappa shape index (κ3) is 5.07. The van der Waals surface area contributed by atoms with E-state index < -0.39 is 5.97 Å². The lowest BCUT2D eigenvalue weighted by Gasteiger charge is -2.10. The first-order valence-electron chi connectivity index (χ1n) is 9.50. The van der Waals surface area contributed by atoms with E-state index in [4.69, 9.17) is 21.1 Å². The Kier molecular flexibility index (Phi) is 6.90. The van der Waals surface area contributed by atoms with Gasteiger partial charge in [-0.15, -0.1) is 0 Å². The number of ether oxygens (including phenoxy) is 2. The Labute approximate surface area is 180 Å². The zero-order chi connectivity index (χ0) is 21.7. The van der Waals surface area contributed by atoms with Gasteiger partial charge in [0.15, 0.2) is 6.61 Å². The van der Waals surface area contributed by atoms with E-state index in [2.05, 4.69) is 9.55 Å². The second kappa shape index (κ2) is 9.59. The van der Waals surface area contributed by atoms with Gasteiger partial charge in [-0.1, -0.05) is 23.7 Å². The molecule has 0 N–H and O–H groups in total. The number of nitrogens with zero attached hydrogens (tertiary/aromatic N) is 2. The predicted octanol–water partition coefficient (Wildman–Crippen LogP) is 4.44. The number of Topliss-reactive ketones (excluding diaryl/α,β-unsaturated/α-hetero) is 1. The van der Waals surface area contributed by atoms with Gasteiger partial charge in [-0.05, 0) is 56.2 Å². The number of aromatic nitrogens is 2. The van der Waals surface area contributed by atoms with Crippen LogP contribution in [0, 0.1) is 13.8 Å². The molecule has 2 aromatic heterocycles. The maximum absolute atomic E-state index is 12.6. The SMILES string of the molecule is COc1ccc(CCn2c(C)cc(C(=O)COC(=O)c3ccnc(Cl)c3)c2C)cc1. The number of aryl methyl sites for hydroxylation is 2. The highest BCUT2D eigenvalue weighted by Crippen LogP contribution is 2.18. The largest absolute Gasteiger partial charge is 0.497 e. The lowest BCUT2D eigenvalue weighted by molar-refractivity contribution is 0.0474. The molecule has 30 heavy (non-hydrogen) atoms. The lowest BCUT2D eigenvalue weighted by atomic mass is 10.1. The Morgan fingerprint density at radius 2 is 1.83 bits per heavy atom. The summed E-state index contributed by atoms with van der Waals surface area (Å²) in [5.41, 5.74) is 3.84. The van der Waals surface area contributed by atoms with Gasteiger partial charge in [0.05, 0.1) is 12.7 Å². The van der Waals surface area contributed by atoms with Gasteiger partial charge in [0.2, 0.25) is 5.78 Å². The van der Waals surface area contributed by atoms with E-state index in [0.717, 1.165) is 30.1 Å². The summed E-state index contributed by atoms with van der Waals surface area (Å²) in [4.78, 5) is 28.6. The van der Waals surface area contributed by atoms with E-state index >= 15 is 0 Å². The zero-order valence-electron chi connectivity index (χ0n) is 17.1. The topological polar surface area (TPSA) is 70.4 Å². The fourth-order valence-electron chi connectivity index (χ4n) is 3.28. The minimum atomic E-state index is -0.610. The monoisotopic (exact) mass is 426 g/mol. The van der Waals surface area contributed by atoms with Crippen LogP contribution in [0.2, 0.25) is 5.15 Å². The molecule has 2 heterocycles. The number of halogens is 1. The van der Waals surface area contributed by atoms with Crippen LogP contribution in [-0.4, -0.2) is 35.0 Å². The fraction of sp³-hybridized carbons (Fsp3) is 0.261. The van der Waals surface area contributed by atoms with Crippen molar-refractivity contribution in [1.82, 2.24) is 9.55 Å². The molecule has 0 saturated carbocycles. The fourth-order valence-corrected chi connectivity index (χ4v) is 3.46. The van der Waals surface area contributed by atoms with Gasteiger partial charge in [0.25, 0.3) is 0 Å². The van der Waals surface area contributed by atoms with Crippen LogP contribution in [0.25, 0.3) is 0 Å². The normalized spacial score (nSPS) is 10.7. The molecule has 1 aromatic carbocycles. The first-order valence-corrected chi connectivity index (χ1v) is 9.88. The van der Waals surface area contributed by atoms with E-state index in [0.29, 0.717) is 5.56 Å². The van der Waals surface area contributed by atoms with Gasteiger partial charge in [-0.3, -0.25) is 4.79 Å². The molecule has 3 rings (SSSR count). The maximum Gasteiger partial charge on any atom is 0.338 e. The molecule has 6 nitrogen and oxygen atoms in total. The summed E-state index contributed by atoms with van der Waals surface area (Å²) in [7, 11) is 1.64. The molecule has 3 aromatic rings. The molecule has 156 valence electrons. The zero-order valence-corrected chi connectivity index (χ0v) is 17.9. The molecule has 0 spiro atoms. The van der Waals surface area contributed by atoms with Crippen molar-refractivity contribution in [2.45, 2.75) is 26.8 Å². The van der Waals surface area contributed by atoms with Crippen molar-refractivity contribution in [3.05, 3.63) is 81.9 Å². The summed E-state index contributed by atoms with van der Waals surface area (Å²) in [6, 6.07) is 12.7. The lowest BCUT2D eigenvalue weighted by Crippen LogP contribution is -2.15. The first-order chi connectivity index (χ1) is 14.4. The number of carbonyl (C=O) groups excluding carboxylic acids is 2. The van der Waals surface area contributed by atoms with Crippen molar-refractivity contribution >= 4 is 23.4 Å². The molecular formula is C23H23ClN2O4. The minimum Gasteiger partial charge on any atom is -0.497 e.